The lowest BCUT2D eigenvalue weighted by molar-refractivity contribution is 0.324. The second kappa shape index (κ2) is 3.57. The molecule has 0 amide bonds. The van der Waals surface area contributed by atoms with Crippen molar-refractivity contribution in [2.75, 3.05) is 5.75 Å². The Balaban J connectivity index is 1.34. The van der Waals surface area contributed by atoms with Crippen LogP contribution in [0.5, 0.6) is 0 Å². The molecule has 4 aliphatic rings. The molecule has 90 valence electrons. The molecule has 0 aromatic rings. The van der Waals surface area contributed by atoms with E-state index in [0.717, 1.165) is 6.42 Å². The molecule has 4 unspecified atom stereocenters. The molecule has 5 nitrogen and oxygen atoms in total. The first-order chi connectivity index (χ1) is 7.81. The molecule has 0 aliphatic carbocycles. The van der Waals surface area contributed by atoms with E-state index >= 15 is 0 Å². The van der Waals surface area contributed by atoms with Gasteiger partial charge < -0.3 is 15.2 Å². The number of nitrogens with two attached hydrogens (primary N) is 1. The highest BCUT2D eigenvalue weighted by Gasteiger charge is 2.52. The van der Waals surface area contributed by atoms with E-state index in [9.17, 15) is 0 Å². The van der Waals surface area contributed by atoms with Crippen LogP contribution >= 0.6 is 11.8 Å². The summed E-state index contributed by atoms with van der Waals surface area (Å²) in [6.45, 7) is 0. The smallest absolute Gasteiger partial charge is 0.150 e. The molecule has 6 heteroatoms. The SMILES string of the molecule is NC1OC1CC[C@@H]1SC[C@@H]2NC3OC3N[C@@H]21. The lowest BCUT2D eigenvalue weighted by atomic mass is 10.0. The second-order valence-electron chi connectivity index (χ2n) is 5.03. The second-order valence-corrected chi connectivity index (χ2v) is 6.30. The van der Waals surface area contributed by atoms with Crippen molar-refractivity contribution in [2.45, 2.75) is 55.0 Å². The number of epoxide rings is 2. The minimum absolute atomic E-state index is 0.00999. The van der Waals surface area contributed by atoms with E-state index in [4.69, 9.17) is 15.2 Å². The van der Waals surface area contributed by atoms with Gasteiger partial charge in [-0.2, -0.15) is 11.8 Å². The van der Waals surface area contributed by atoms with E-state index in [-0.39, 0.29) is 18.7 Å². The van der Waals surface area contributed by atoms with Crippen LogP contribution < -0.4 is 16.4 Å². The lowest BCUT2D eigenvalue weighted by Gasteiger charge is -2.28. The zero-order chi connectivity index (χ0) is 10.7. The number of hydrogen-bond donors (Lipinski definition) is 3. The first-order valence-corrected chi connectivity index (χ1v) is 7.06. The van der Waals surface area contributed by atoms with Crippen LogP contribution in [0.4, 0.5) is 0 Å². The van der Waals surface area contributed by atoms with Crippen molar-refractivity contribution in [1.29, 1.82) is 0 Å². The Bertz CT molecular complexity index is 306. The fraction of sp³-hybridized carbons (Fsp3) is 1.00. The van der Waals surface area contributed by atoms with E-state index < -0.39 is 0 Å². The van der Waals surface area contributed by atoms with Gasteiger partial charge in [-0.3, -0.25) is 10.6 Å². The van der Waals surface area contributed by atoms with Gasteiger partial charge in [0.1, 0.15) is 6.23 Å². The summed E-state index contributed by atoms with van der Waals surface area (Å²) in [5.74, 6) is 1.19. The van der Waals surface area contributed by atoms with Crippen LogP contribution in [0.15, 0.2) is 0 Å². The summed E-state index contributed by atoms with van der Waals surface area (Å²) in [6, 6.07) is 1.14. The van der Waals surface area contributed by atoms with Crippen molar-refractivity contribution in [3.05, 3.63) is 0 Å². The van der Waals surface area contributed by atoms with Crippen LogP contribution in [0.2, 0.25) is 0 Å². The molecule has 0 aromatic heterocycles. The predicted octanol–water partition coefficient (Wildman–Crippen LogP) is -0.822. The van der Waals surface area contributed by atoms with Crippen molar-refractivity contribution in [3.8, 4) is 0 Å². The maximum absolute atomic E-state index is 5.63. The maximum atomic E-state index is 5.63. The molecule has 4 heterocycles. The Morgan fingerprint density at radius 3 is 2.81 bits per heavy atom. The molecular weight excluding hydrogens is 226 g/mol. The number of ether oxygens (including phenoxy) is 2. The fourth-order valence-electron chi connectivity index (χ4n) is 2.82. The van der Waals surface area contributed by atoms with Gasteiger partial charge in [-0.1, -0.05) is 0 Å². The summed E-state index contributed by atoms with van der Waals surface area (Å²) in [4.78, 5) is 0. The Morgan fingerprint density at radius 1 is 1.19 bits per heavy atom. The number of hydrogen-bond acceptors (Lipinski definition) is 6. The van der Waals surface area contributed by atoms with Crippen LogP contribution in [0.3, 0.4) is 0 Å². The van der Waals surface area contributed by atoms with Crippen molar-refractivity contribution in [1.82, 2.24) is 10.6 Å². The summed E-state index contributed by atoms with van der Waals surface area (Å²) in [5.41, 5.74) is 5.63. The molecule has 0 aromatic carbocycles. The van der Waals surface area contributed by atoms with Crippen molar-refractivity contribution in [2.24, 2.45) is 5.73 Å². The average molecular weight is 243 g/mol. The minimum Gasteiger partial charge on any atom is -0.353 e. The Morgan fingerprint density at radius 2 is 2.00 bits per heavy atom. The van der Waals surface area contributed by atoms with Crippen molar-refractivity contribution >= 4 is 11.8 Å². The van der Waals surface area contributed by atoms with E-state index in [1.54, 1.807) is 0 Å². The average Bonchev–Trinajstić information content (AvgIpc) is 3.14. The maximum Gasteiger partial charge on any atom is 0.150 e. The molecule has 4 rings (SSSR count). The molecule has 7 atom stereocenters. The molecule has 16 heavy (non-hydrogen) atoms. The van der Waals surface area contributed by atoms with E-state index in [2.05, 4.69) is 22.4 Å². The molecule has 0 saturated carbocycles. The number of fused-ring (bicyclic) bond motifs is 2. The largest absolute Gasteiger partial charge is 0.353 e. The summed E-state index contributed by atoms with van der Waals surface area (Å²) >= 11 is 2.06. The number of thioether (sulfide) groups is 1. The lowest BCUT2D eigenvalue weighted by Crippen LogP contribution is -2.57. The van der Waals surface area contributed by atoms with Crippen molar-refractivity contribution in [3.63, 3.8) is 0 Å². The third kappa shape index (κ3) is 1.68. The van der Waals surface area contributed by atoms with Gasteiger partial charge in [-0.05, 0) is 12.8 Å². The topological polar surface area (TPSA) is 75.1 Å². The van der Waals surface area contributed by atoms with Crippen LogP contribution in [0, 0.1) is 0 Å². The van der Waals surface area contributed by atoms with Crippen LogP contribution in [0.1, 0.15) is 12.8 Å². The van der Waals surface area contributed by atoms with Crippen LogP contribution in [-0.4, -0.2) is 47.9 Å². The number of piperazine rings is 1. The summed E-state index contributed by atoms with van der Waals surface area (Å²) < 4.78 is 10.7. The zero-order valence-corrected chi connectivity index (χ0v) is 9.78. The number of rotatable bonds is 3. The van der Waals surface area contributed by atoms with Crippen LogP contribution in [-0.2, 0) is 9.47 Å². The van der Waals surface area contributed by atoms with E-state index in [1.165, 1.54) is 12.2 Å². The quantitative estimate of drug-likeness (QED) is 0.562. The predicted molar refractivity (Wildman–Crippen MR) is 60.8 cm³/mol. The first kappa shape index (κ1) is 10.1. The number of nitrogens with one attached hydrogen (secondary N) is 2. The van der Waals surface area contributed by atoms with Gasteiger partial charge in [-0.15, -0.1) is 0 Å². The van der Waals surface area contributed by atoms with Gasteiger partial charge in [0.05, 0.1) is 6.10 Å². The van der Waals surface area contributed by atoms with E-state index in [0.29, 0.717) is 23.4 Å². The monoisotopic (exact) mass is 243 g/mol. The molecular formula is C10H17N3O2S. The Hall–Kier alpha value is 0.150. The van der Waals surface area contributed by atoms with Gasteiger partial charge in [0, 0.05) is 23.1 Å². The molecule has 0 radical (unpaired) electrons. The Labute approximate surface area is 98.8 Å². The molecule has 0 spiro atoms. The zero-order valence-electron chi connectivity index (χ0n) is 8.96. The van der Waals surface area contributed by atoms with E-state index in [1.807, 2.05) is 0 Å². The molecule has 0 bridgehead atoms. The summed E-state index contributed by atoms with van der Waals surface area (Å²) in [7, 11) is 0. The van der Waals surface area contributed by atoms with Gasteiger partial charge in [0.2, 0.25) is 0 Å². The summed E-state index contributed by atoms with van der Waals surface area (Å²) in [6.07, 6.45) is 3.16. The highest BCUT2D eigenvalue weighted by molar-refractivity contribution is 8.00. The van der Waals surface area contributed by atoms with Gasteiger partial charge >= 0.3 is 0 Å². The standard InChI is InChI=1S/C10H17N3O2S/c11-8-5(14-8)1-2-6-7-4(3-16-6)12-9-10(13-7)15-9/h4-10,12-13H,1-3,11H2/t4-,5?,6-,7-,8?,9?,10?/m0/s1. The van der Waals surface area contributed by atoms with Crippen LogP contribution in [0.25, 0.3) is 0 Å². The third-order valence-electron chi connectivity index (χ3n) is 3.91. The molecule has 4 fully saturated rings. The van der Waals surface area contributed by atoms with Gasteiger partial charge in [0.25, 0.3) is 0 Å². The first-order valence-electron chi connectivity index (χ1n) is 6.01. The highest BCUT2D eigenvalue weighted by atomic mass is 32.2. The molecule has 4 saturated heterocycles. The third-order valence-corrected chi connectivity index (χ3v) is 5.42. The van der Waals surface area contributed by atoms with Gasteiger partial charge in [0.15, 0.2) is 12.5 Å². The van der Waals surface area contributed by atoms with Gasteiger partial charge in [-0.25, -0.2) is 0 Å². The summed E-state index contributed by atoms with van der Waals surface area (Å²) in [5, 5.41) is 7.79. The molecule has 4 aliphatic heterocycles. The Kier molecular flexibility index (Phi) is 2.26. The highest BCUT2D eigenvalue weighted by Crippen LogP contribution is 2.38. The minimum atomic E-state index is 0.00999. The fourth-order valence-corrected chi connectivity index (χ4v) is 4.35. The normalized spacial score (nSPS) is 57.9. The van der Waals surface area contributed by atoms with Crippen molar-refractivity contribution < 1.29 is 9.47 Å². The molecule has 4 N–H and O–H groups in total.